The Hall–Kier alpha value is -0.0400. The molecule has 1 atom stereocenters. The van der Waals surface area contributed by atoms with Crippen molar-refractivity contribution in [2.45, 2.75) is 66.4 Å². The first kappa shape index (κ1) is 13.0. The van der Waals surface area contributed by atoms with Gasteiger partial charge in [-0.25, -0.2) is 0 Å². The maximum atomic E-state index is 10.0. The van der Waals surface area contributed by atoms with Crippen LogP contribution in [0, 0.1) is 23.2 Å². The van der Waals surface area contributed by atoms with E-state index in [1.807, 2.05) is 0 Å². The van der Waals surface area contributed by atoms with Gasteiger partial charge in [0.25, 0.3) is 0 Å². The molecule has 0 aromatic heterocycles. The van der Waals surface area contributed by atoms with Gasteiger partial charge in [-0.2, -0.15) is 0 Å². The third-order valence-corrected chi connectivity index (χ3v) is 4.16. The highest BCUT2D eigenvalue weighted by atomic mass is 16.3. The Kier molecular flexibility index (Phi) is 4.22. The van der Waals surface area contributed by atoms with Gasteiger partial charge in [0.1, 0.15) is 0 Å². The lowest BCUT2D eigenvalue weighted by molar-refractivity contribution is 0.0246. The van der Waals surface area contributed by atoms with Crippen molar-refractivity contribution in [2.24, 2.45) is 23.2 Å². The molecule has 1 saturated carbocycles. The van der Waals surface area contributed by atoms with Crippen molar-refractivity contribution >= 4 is 0 Å². The van der Waals surface area contributed by atoms with Crippen LogP contribution < -0.4 is 0 Å². The van der Waals surface area contributed by atoms with Crippen LogP contribution in [0.3, 0.4) is 0 Å². The van der Waals surface area contributed by atoms with E-state index in [-0.39, 0.29) is 6.10 Å². The smallest absolute Gasteiger partial charge is 0.0591 e. The molecule has 0 radical (unpaired) electrons. The SMILES string of the molecule is CC(C)C(O)[C@H]1CC[C@H](C(C)(C)C)CC1. The van der Waals surface area contributed by atoms with Crippen molar-refractivity contribution in [3.8, 4) is 0 Å². The molecule has 1 aliphatic rings. The molecule has 90 valence electrons. The summed E-state index contributed by atoms with van der Waals surface area (Å²) in [6.07, 6.45) is 4.98. The Bertz CT molecular complexity index is 182. The van der Waals surface area contributed by atoms with Crippen molar-refractivity contribution < 1.29 is 5.11 Å². The van der Waals surface area contributed by atoms with E-state index < -0.39 is 0 Å². The molecule has 0 aliphatic heterocycles. The molecule has 0 aromatic carbocycles. The van der Waals surface area contributed by atoms with Crippen LogP contribution in [0.25, 0.3) is 0 Å². The summed E-state index contributed by atoms with van der Waals surface area (Å²) in [6, 6.07) is 0. The number of aliphatic hydroxyl groups excluding tert-OH is 1. The second-order valence-corrected chi connectivity index (χ2v) is 6.71. The molecular weight excluding hydrogens is 184 g/mol. The highest BCUT2D eigenvalue weighted by Gasteiger charge is 2.32. The van der Waals surface area contributed by atoms with Crippen molar-refractivity contribution in [2.75, 3.05) is 0 Å². The van der Waals surface area contributed by atoms with Gasteiger partial charge in [0, 0.05) is 0 Å². The molecule has 0 amide bonds. The van der Waals surface area contributed by atoms with Crippen molar-refractivity contribution in [3.05, 3.63) is 0 Å². The number of rotatable bonds is 2. The van der Waals surface area contributed by atoms with Gasteiger partial charge in [-0.15, -0.1) is 0 Å². The van der Waals surface area contributed by atoms with Gasteiger partial charge in [-0.05, 0) is 48.9 Å². The molecular formula is C14H28O. The molecule has 0 saturated heterocycles. The molecule has 0 spiro atoms. The van der Waals surface area contributed by atoms with Crippen LogP contribution >= 0.6 is 0 Å². The standard InChI is InChI=1S/C14H28O/c1-10(2)13(15)11-6-8-12(9-7-11)14(3,4)5/h10-13,15H,6-9H2,1-5H3/t11-,12-,13?. The van der Waals surface area contributed by atoms with Gasteiger partial charge in [-0.3, -0.25) is 0 Å². The average molecular weight is 212 g/mol. The molecule has 15 heavy (non-hydrogen) atoms. The fourth-order valence-electron chi connectivity index (χ4n) is 2.87. The monoisotopic (exact) mass is 212 g/mol. The number of hydrogen-bond acceptors (Lipinski definition) is 1. The van der Waals surface area contributed by atoms with Gasteiger partial charge < -0.3 is 5.11 Å². The third kappa shape index (κ3) is 3.48. The van der Waals surface area contributed by atoms with Crippen LogP contribution in [0.1, 0.15) is 60.3 Å². The molecule has 0 heterocycles. The number of hydrogen-bond donors (Lipinski definition) is 1. The van der Waals surface area contributed by atoms with E-state index >= 15 is 0 Å². The first-order chi connectivity index (χ1) is 6.82. The molecule has 0 aromatic rings. The van der Waals surface area contributed by atoms with Crippen LogP contribution in [-0.2, 0) is 0 Å². The lowest BCUT2D eigenvalue weighted by Crippen LogP contribution is -2.33. The predicted octanol–water partition coefficient (Wildman–Crippen LogP) is 3.86. The van der Waals surface area contributed by atoms with Crippen molar-refractivity contribution in [3.63, 3.8) is 0 Å². The molecule has 1 heteroatoms. The topological polar surface area (TPSA) is 20.2 Å². The van der Waals surface area contributed by atoms with E-state index in [0.29, 0.717) is 17.3 Å². The highest BCUT2D eigenvalue weighted by molar-refractivity contribution is 4.83. The van der Waals surface area contributed by atoms with E-state index in [4.69, 9.17) is 0 Å². The van der Waals surface area contributed by atoms with E-state index in [2.05, 4.69) is 34.6 Å². The minimum atomic E-state index is -0.0779. The zero-order valence-corrected chi connectivity index (χ0v) is 11.1. The summed E-state index contributed by atoms with van der Waals surface area (Å²) in [4.78, 5) is 0. The summed E-state index contributed by atoms with van der Waals surface area (Å²) in [7, 11) is 0. The van der Waals surface area contributed by atoms with Gasteiger partial charge in [0.15, 0.2) is 0 Å². The van der Waals surface area contributed by atoms with Gasteiger partial charge in [0.2, 0.25) is 0 Å². The van der Waals surface area contributed by atoms with Crippen LogP contribution in [0.5, 0.6) is 0 Å². The Morgan fingerprint density at radius 1 is 1.00 bits per heavy atom. The van der Waals surface area contributed by atoms with E-state index in [9.17, 15) is 5.11 Å². The first-order valence-electron chi connectivity index (χ1n) is 6.50. The number of aliphatic hydroxyl groups is 1. The van der Waals surface area contributed by atoms with E-state index in [1.165, 1.54) is 25.7 Å². The summed E-state index contributed by atoms with van der Waals surface area (Å²) in [6.45, 7) is 11.3. The van der Waals surface area contributed by atoms with Crippen molar-refractivity contribution in [1.82, 2.24) is 0 Å². The van der Waals surface area contributed by atoms with Crippen LogP contribution in [-0.4, -0.2) is 11.2 Å². The second-order valence-electron chi connectivity index (χ2n) is 6.71. The molecule has 1 rings (SSSR count). The fourth-order valence-corrected chi connectivity index (χ4v) is 2.87. The Morgan fingerprint density at radius 2 is 1.47 bits per heavy atom. The maximum Gasteiger partial charge on any atom is 0.0591 e. The van der Waals surface area contributed by atoms with E-state index in [1.54, 1.807) is 0 Å². The molecule has 1 N–H and O–H groups in total. The van der Waals surface area contributed by atoms with Crippen LogP contribution in [0.15, 0.2) is 0 Å². The predicted molar refractivity (Wildman–Crippen MR) is 65.7 cm³/mol. The van der Waals surface area contributed by atoms with Gasteiger partial charge >= 0.3 is 0 Å². The normalized spacial score (nSPS) is 30.6. The third-order valence-electron chi connectivity index (χ3n) is 4.16. The molecule has 1 unspecified atom stereocenters. The fraction of sp³-hybridized carbons (Fsp3) is 1.00. The van der Waals surface area contributed by atoms with Crippen LogP contribution in [0.4, 0.5) is 0 Å². The Balaban J connectivity index is 2.42. The van der Waals surface area contributed by atoms with Crippen molar-refractivity contribution in [1.29, 1.82) is 0 Å². The Labute approximate surface area is 95.3 Å². The highest BCUT2D eigenvalue weighted by Crippen LogP contribution is 2.41. The van der Waals surface area contributed by atoms with Gasteiger partial charge in [-0.1, -0.05) is 34.6 Å². The Morgan fingerprint density at radius 3 is 1.80 bits per heavy atom. The summed E-state index contributed by atoms with van der Waals surface area (Å²) in [5, 5.41) is 10.0. The minimum absolute atomic E-state index is 0.0779. The summed E-state index contributed by atoms with van der Waals surface area (Å²) in [5.41, 5.74) is 0.452. The van der Waals surface area contributed by atoms with Crippen LogP contribution in [0.2, 0.25) is 0 Å². The van der Waals surface area contributed by atoms with Gasteiger partial charge in [0.05, 0.1) is 6.10 Å². The largest absolute Gasteiger partial charge is 0.393 e. The first-order valence-corrected chi connectivity index (χ1v) is 6.50. The molecule has 1 nitrogen and oxygen atoms in total. The quantitative estimate of drug-likeness (QED) is 0.737. The lowest BCUT2D eigenvalue weighted by Gasteiger charge is -2.39. The molecule has 1 aliphatic carbocycles. The molecule has 0 bridgehead atoms. The van der Waals surface area contributed by atoms with E-state index in [0.717, 1.165) is 5.92 Å². The maximum absolute atomic E-state index is 10.0. The summed E-state index contributed by atoms with van der Waals surface area (Å²) < 4.78 is 0. The zero-order valence-electron chi connectivity index (χ0n) is 11.1. The lowest BCUT2D eigenvalue weighted by atomic mass is 9.68. The second kappa shape index (κ2) is 4.86. The summed E-state index contributed by atoms with van der Waals surface area (Å²) in [5.74, 6) is 1.83. The minimum Gasteiger partial charge on any atom is -0.393 e. The molecule has 1 fully saturated rings. The zero-order chi connectivity index (χ0) is 11.6. The average Bonchev–Trinajstić information content (AvgIpc) is 2.15. The summed E-state index contributed by atoms with van der Waals surface area (Å²) >= 11 is 0.